The molecule has 0 saturated carbocycles. The molecule has 1 N–H and O–H groups in total. The van der Waals surface area contributed by atoms with E-state index in [0.717, 1.165) is 38.3 Å². The minimum absolute atomic E-state index is 0.153. The van der Waals surface area contributed by atoms with E-state index in [2.05, 4.69) is 24.0 Å². The van der Waals surface area contributed by atoms with Crippen LogP contribution in [-0.4, -0.2) is 66.8 Å². The molecule has 0 aromatic heterocycles. The predicted octanol–water partition coefficient (Wildman–Crippen LogP) is 1.33. The van der Waals surface area contributed by atoms with Gasteiger partial charge < -0.3 is 9.84 Å². The molecule has 1 unspecified atom stereocenters. The summed E-state index contributed by atoms with van der Waals surface area (Å²) in [4.78, 5) is 15.1. The summed E-state index contributed by atoms with van der Waals surface area (Å²) in [6.45, 7) is 5.92. The lowest BCUT2D eigenvalue weighted by atomic mass is 10.1. The van der Waals surface area contributed by atoms with E-state index in [4.69, 9.17) is 9.84 Å². The highest BCUT2D eigenvalue weighted by atomic mass is 16.5. The van der Waals surface area contributed by atoms with Crippen LogP contribution in [0.3, 0.4) is 0 Å². The van der Waals surface area contributed by atoms with Gasteiger partial charge in [-0.3, -0.25) is 14.6 Å². The molecule has 5 nitrogen and oxygen atoms in total. The van der Waals surface area contributed by atoms with Crippen LogP contribution in [-0.2, 0) is 11.2 Å². The largest absolute Gasteiger partial charge is 0.497 e. The Morgan fingerprint density at radius 3 is 2.38 bits per heavy atom. The third-order valence-corrected chi connectivity index (χ3v) is 4.08. The Labute approximate surface area is 126 Å². The molecule has 0 radical (unpaired) electrons. The summed E-state index contributed by atoms with van der Waals surface area (Å²) in [7, 11) is 1.67. The molecule has 21 heavy (non-hydrogen) atoms. The standard InChI is InChI=1S/C16H24N2O3/c1-13(11-14-3-5-15(21-2)6-4-14)18-9-7-17(8-10-18)12-16(19)20/h3-6,13H,7-12H2,1-2H3,(H,19,20). The first-order chi connectivity index (χ1) is 10.1. The second kappa shape index (κ2) is 7.43. The summed E-state index contributed by atoms with van der Waals surface area (Å²) in [6, 6.07) is 8.66. The van der Waals surface area contributed by atoms with Crippen molar-refractivity contribution in [1.29, 1.82) is 0 Å². The summed E-state index contributed by atoms with van der Waals surface area (Å²) < 4.78 is 5.17. The first-order valence-corrected chi connectivity index (χ1v) is 7.39. The highest BCUT2D eigenvalue weighted by Crippen LogP contribution is 2.15. The monoisotopic (exact) mass is 292 g/mol. The van der Waals surface area contributed by atoms with Crippen molar-refractivity contribution in [2.75, 3.05) is 39.8 Å². The predicted molar refractivity (Wildman–Crippen MR) is 81.8 cm³/mol. The van der Waals surface area contributed by atoms with E-state index in [1.807, 2.05) is 17.0 Å². The zero-order valence-corrected chi connectivity index (χ0v) is 12.8. The SMILES string of the molecule is COc1ccc(CC(C)N2CCN(CC(=O)O)CC2)cc1. The van der Waals surface area contributed by atoms with Gasteiger partial charge in [0.15, 0.2) is 0 Å². The van der Waals surface area contributed by atoms with Crippen molar-refractivity contribution in [1.82, 2.24) is 9.80 Å². The van der Waals surface area contributed by atoms with E-state index in [1.165, 1.54) is 5.56 Å². The van der Waals surface area contributed by atoms with Gasteiger partial charge in [-0.2, -0.15) is 0 Å². The number of benzene rings is 1. The van der Waals surface area contributed by atoms with E-state index >= 15 is 0 Å². The number of nitrogens with zero attached hydrogens (tertiary/aromatic N) is 2. The van der Waals surface area contributed by atoms with Crippen LogP contribution >= 0.6 is 0 Å². The second-order valence-corrected chi connectivity index (χ2v) is 5.61. The highest BCUT2D eigenvalue weighted by molar-refractivity contribution is 5.69. The maximum atomic E-state index is 10.7. The molecule has 5 heteroatoms. The van der Waals surface area contributed by atoms with Gasteiger partial charge in [-0.05, 0) is 31.0 Å². The zero-order valence-electron chi connectivity index (χ0n) is 12.8. The molecule has 116 valence electrons. The van der Waals surface area contributed by atoms with E-state index in [9.17, 15) is 4.79 Å². The molecule has 1 saturated heterocycles. The van der Waals surface area contributed by atoms with E-state index in [-0.39, 0.29) is 6.54 Å². The van der Waals surface area contributed by atoms with Crippen LogP contribution in [0.15, 0.2) is 24.3 Å². The number of rotatable bonds is 6. The van der Waals surface area contributed by atoms with Gasteiger partial charge in [0, 0.05) is 32.2 Å². The molecule has 2 rings (SSSR count). The lowest BCUT2D eigenvalue weighted by Crippen LogP contribution is -2.51. The summed E-state index contributed by atoms with van der Waals surface area (Å²) in [5.41, 5.74) is 1.30. The normalized spacial score (nSPS) is 18.4. The van der Waals surface area contributed by atoms with Gasteiger partial charge in [-0.25, -0.2) is 0 Å². The van der Waals surface area contributed by atoms with Crippen LogP contribution in [0.5, 0.6) is 5.75 Å². The molecular weight excluding hydrogens is 268 g/mol. The van der Waals surface area contributed by atoms with E-state index in [0.29, 0.717) is 6.04 Å². The maximum absolute atomic E-state index is 10.7. The number of hydrogen-bond acceptors (Lipinski definition) is 4. The lowest BCUT2D eigenvalue weighted by molar-refractivity contribution is -0.138. The van der Waals surface area contributed by atoms with E-state index in [1.54, 1.807) is 7.11 Å². The Hall–Kier alpha value is -1.59. The molecule has 1 aliphatic heterocycles. The molecule has 1 atom stereocenters. The number of aliphatic carboxylic acids is 1. The van der Waals surface area contributed by atoms with Crippen molar-refractivity contribution in [2.24, 2.45) is 0 Å². The fourth-order valence-corrected chi connectivity index (χ4v) is 2.79. The smallest absolute Gasteiger partial charge is 0.317 e. The fourth-order valence-electron chi connectivity index (χ4n) is 2.79. The minimum Gasteiger partial charge on any atom is -0.497 e. The Morgan fingerprint density at radius 2 is 1.86 bits per heavy atom. The number of carboxylic acid groups (broad SMARTS) is 1. The number of ether oxygens (including phenoxy) is 1. The van der Waals surface area contributed by atoms with Crippen LogP contribution in [0.2, 0.25) is 0 Å². The van der Waals surface area contributed by atoms with Gasteiger partial charge in [-0.1, -0.05) is 12.1 Å². The van der Waals surface area contributed by atoms with Gasteiger partial charge in [-0.15, -0.1) is 0 Å². The molecule has 1 aromatic rings. The number of carboxylic acids is 1. The first kappa shape index (κ1) is 15.8. The average Bonchev–Trinajstić information content (AvgIpc) is 2.48. The van der Waals surface area contributed by atoms with Gasteiger partial charge in [0.05, 0.1) is 13.7 Å². The Kier molecular flexibility index (Phi) is 5.59. The second-order valence-electron chi connectivity index (χ2n) is 5.61. The summed E-state index contributed by atoms with van der Waals surface area (Å²) in [6.07, 6.45) is 1.00. The quantitative estimate of drug-likeness (QED) is 0.857. The van der Waals surface area contributed by atoms with Crippen LogP contribution in [0.25, 0.3) is 0 Å². The molecule has 1 aromatic carbocycles. The molecule has 0 bridgehead atoms. The number of methoxy groups -OCH3 is 1. The zero-order chi connectivity index (χ0) is 15.2. The number of piperazine rings is 1. The molecule has 0 aliphatic carbocycles. The first-order valence-electron chi connectivity index (χ1n) is 7.39. The van der Waals surface area contributed by atoms with Crippen LogP contribution in [0.1, 0.15) is 12.5 Å². The molecule has 0 amide bonds. The molecule has 1 fully saturated rings. The minimum atomic E-state index is -0.741. The maximum Gasteiger partial charge on any atom is 0.317 e. The number of hydrogen-bond donors (Lipinski definition) is 1. The third-order valence-electron chi connectivity index (χ3n) is 4.08. The average molecular weight is 292 g/mol. The summed E-state index contributed by atoms with van der Waals surface area (Å²) in [5, 5.41) is 8.81. The topological polar surface area (TPSA) is 53.0 Å². The van der Waals surface area contributed by atoms with E-state index < -0.39 is 5.97 Å². The molecular formula is C16H24N2O3. The third kappa shape index (κ3) is 4.72. The van der Waals surface area contributed by atoms with Crippen molar-refractivity contribution in [3.05, 3.63) is 29.8 Å². The van der Waals surface area contributed by atoms with Crippen LogP contribution in [0.4, 0.5) is 0 Å². The van der Waals surface area contributed by atoms with Gasteiger partial charge in [0.1, 0.15) is 5.75 Å². The van der Waals surface area contributed by atoms with Crippen molar-refractivity contribution in [3.8, 4) is 5.75 Å². The van der Waals surface area contributed by atoms with Crippen molar-refractivity contribution in [2.45, 2.75) is 19.4 Å². The van der Waals surface area contributed by atoms with Crippen LogP contribution < -0.4 is 4.74 Å². The Balaban J connectivity index is 1.81. The van der Waals surface area contributed by atoms with Crippen molar-refractivity contribution < 1.29 is 14.6 Å². The van der Waals surface area contributed by atoms with Crippen molar-refractivity contribution in [3.63, 3.8) is 0 Å². The van der Waals surface area contributed by atoms with Gasteiger partial charge in [0.2, 0.25) is 0 Å². The Morgan fingerprint density at radius 1 is 1.24 bits per heavy atom. The molecule has 1 heterocycles. The van der Waals surface area contributed by atoms with Crippen molar-refractivity contribution >= 4 is 5.97 Å². The molecule has 0 spiro atoms. The number of carbonyl (C=O) groups is 1. The van der Waals surface area contributed by atoms with Gasteiger partial charge >= 0.3 is 5.97 Å². The Bertz CT molecular complexity index is 453. The summed E-state index contributed by atoms with van der Waals surface area (Å²) >= 11 is 0. The summed E-state index contributed by atoms with van der Waals surface area (Å²) in [5.74, 6) is 0.142. The highest BCUT2D eigenvalue weighted by Gasteiger charge is 2.22. The molecule has 1 aliphatic rings. The lowest BCUT2D eigenvalue weighted by Gasteiger charge is -2.37. The fraction of sp³-hybridized carbons (Fsp3) is 0.562. The van der Waals surface area contributed by atoms with Gasteiger partial charge in [0.25, 0.3) is 0 Å². The van der Waals surface area contributed by atoms with Crippen LogP contribution in [0, 0.1) is 0 Å².